The molecule has 1 heterocycles. The Bertz CT molecular complexity index is 363. The number of hydrogen-bond acceptors (Lipinski definition) is 5. The van der Waals surface area contributed by atoms with Gasteiger partial charge in [-0.05, 0) is 20.3 Å². The molecule has 0 radical (unpaired) electrons. The summed E-state index contributed by atoms with van der Waals surface area (Å²) in [5.74, 6) is 0.647. The second kappa shape index (κ2) is 6.15. The molecule has 94 valence electrons. The second-order valence-electron chi connectivity index (χ2n) is 4.04. The summed E-state index contributed by atoms with van der Waals surface area (Å²) in [5.41, 5.74) is 5.69. The zero-order chi connectivity index (χ0) is 12.8. The maximum absolute atomic E-state index is 8.85. The number of aromatic nitrogens is 2. The number of aliphatic hydroxyl groups is 1. The van der Waals surface area contributed by atoms with Crippen molar-refractivity contribution in [3.05, 3.63) is 18.1 Å². The highest BCUT2D eigenvalue weighted by Crippen LogP contribution is 2.13. The molecule has 4 N–H and O–H groups in total. The van der Waals surface area contributed by atoms with Crippen molar-refractivity contribution in [2.75, 3.05) is 18.1 Å². The highest BCUT2D eigenvalue weighted by Gasteiger charge is 2.12. The zero-order valence-corrected chi connectivity index (χ0v) is 10.2. The minimum Gasteiger partial charge on any atom is -0.396 e. The van der Waals surface area contributed by atoms with Crippen LogP contribution in [0.3, 0.4) is 0 Å². The molecule has 17 heavy (non-hydrogen) atoms. The number of anilines is 1. The highest BCUT2D eigenvalue weighted by atomic mass is 16.3. The molecule has 1 aromatic rings. The summed E-state index contributed by atoms with van der Waals surface area (Å²) in [6, 6.07) is 0.277. The summed E-state index contributed by atoms with van der Waals surface area (Å²) in [6.45, 7) is 4.99. The first-order valence-electron chi connectivity index (χ1n) is 5.60. The lowest BCUT2D eigenvalue weighted by atomic mass is 10.3. The molecule has 1 aromatic heterocycles. The van der Waals surface area contributed by atoms with Gasteiger partial charge in [0.15, 0.2) is 0 Å². The number of nitrogens with one attached hydrogen (secondary N) is 1. The minimum absolute atomic E-state index is 0.0875. The maximum atomic E-state index is 8.85. The lowest BCUT2D eigenvalue weighted by Gasteiger charge is -2.27. The van der Waals surface area contributed by atoms with Crippen LogP contribution >= 0.6 is 0 Å². The van der Waals surface area contributed by atoms with E-state index >= 15 is 0 Å². The van der Waals surface area contributed by atoms with Crippen molar-refractivity contribution in [2.45, 2.75) is 26.3 Å². The Morgan fingerprint density at radius 3 is 2.59 bits per heavy atom. The van der Waals surface area contributed by atoms with E-state index in [1.165, 1.54) is 6.20 Å². The standard InChI is InChI=1S/C11H19N5O/c1-8(2)16(4-3-5-17)10-7-14-9(6-15-10)11(12)13/h6-8,17H,3-5H2,1-2H3,(H3,12,13). The lowest BCUT2D eigenvalue weighted by Crippen LogP contribution is -2.33. The predicted molar refractivity (Wildman–Crippen MR) is 67.2 cm³/mol. The van der Waals surface area contributed by atoms with Crippen LogP contribution < -0.4 is 10.6 Å². The molecule has 0 saturated heterocycles. The molecule has 0 saturated carbocycles. The van der Waals surface area contributed by atoms with Gasteiger partial charge in [-0.25, -0.2) is 9.97 Å². The van der Waals surface area contributed by atoms with E-state index in [2.05, 4.69) is 23.8 Å². The summed E-state index contributed by atoms with van der Waals surface area (Å²) in [5, 5.41) is 16.1. The molecule has 6 nitrogen and oxygen atoms in total. The highest BCUT2D eigenvalue weighted by molar-refractivity contribution is 5.92. The smallest absolute Gasteiger partial charge is 0.147 e. The van der Waals surface area contributed by atoms with Gasteiger partial charge >= 0.3 is 0 Å². The Morgan fingerprint density at radius 2 is 2.18 bits per heavy atom. The molecule has 0 aromatic carbocycles. The second-order valence-corrected chi connectivity index (χ2v) is 4.04. The number of amidine groups is 1. The Balaban J connectivity index is 2.83. The molecular weight excluding hydrogens is 218 g/mol. The summed E-state index contributed by atoms with van der Waals surface area (Å²) in [6.07, 6.45) is 3.79. The largest absolute Gasteiger partial charge is 0.396 e. The number of aliphatic hydroxyl groups excluding tert-OH is 1. The normalized spacial score (nSPS) is 10.6. The van der Waals surface area contributed by atoms with Crippen molar-refractivity contribution in [1.29, 1.82) is 5.41 Å². The van der Waals surface area contributed by atoms with Gasteiger partial charge in [-0.1, -0.05) is 0 Å². The average Bonchev–Trinajstić information content (AvgIpc) is 2.29. The van der Waals surface area contributed by atoms with Gasteiger partial charge in [0.25, 0.3) is 0 Å². The Morgan fingerprint density at radius 1 is 1.47 bits per heavy atom. The van der Waals surface area contributed by atoms with E-state index in [1.807, 2.05) is 4.90 Å². The van der Waals surface area contributed by atoms with Gasteiger partial charge in [0.1, 0.15) is 17.3 Å². The molecule has 0 atom stereocenters. The first-order valence-corrected chi connectivity index (χ1v) is 5.60. The van der Waals surface area contributed by atoms with Gasteiger partial charge in [-0.2, -0.15) is 0 Å². The van der Waals surface area contributed by atoms with Crippen molar-refractivity contribution in [3.63, 3.8) is 0 Å². The van der Waals surface area contributed by atoms with Crippen molar-refractivity contribution < 1.29 is 5.11 Å². The molecule has 0 amide bonds. The SMILES string of the molecule is CC(C)N(CCCO)c1cnc(C(=N)N)cn1. The third kappa shape index (κ3) is 3.67. The van der Waals surface area contributed by atoms with Gasteiger partial charge in [-0.15, -0.1) is 0 Å². The Kier molecular flexibility index (Phi) is 4.84. The fourth-order valence-electron chi connectivity index (χ4n) is 1.49. The molecule has 1 rings (SSSR count). The summed E-state index contributed by atoms with van der Waals surface area (Å²) >= 11 is 0. The molecule has 0 aliphatic rings. The number of nitrogen functional groups attached to an aromatic ring is 1. The van der Waals surface area contributed by atoms with Crippen molar-refractivity contribution in [2.24, 2.45) is 5.73 Å². The monoisotopic (exact) mass is 237 g/mol. The summed E-state index contributed by atoms with van der Waals surface area (Å²) in [4.78, 5) is 10.4. The number of rotatable bonds is 6. The van der Waals surface area contributed by atoms with Crippen molar-refractivity contribution in [1.82, 2.24) is 9.97 Å². The van der Waals surface area contributed by atoms with Crippen LogP contribution in [0.15, 0.2) is 12.4 Å². The third-order valence-electron chi connectivity index (χ3n) is 2.39. The zero-order valence-electron chi connectivity index (χ0n) is 10.2. The lowest BCUT2D eigenvalue weighted by molar-refractivity contribution is 0.288. The van der Waals surface area contributed by atoms with E-state index in [9.17, 15) is 0 Å². The number of nitrogens with two attached hydrogens (primary N) is 1. The Labute approximate surface area is 101 Å². The molecule has 0 fully saturated rings. The molecule has 0 aliphatic heterocycles. The molecule has 0 aliphatic carbocycles. The van der Waals surface area contributed by atoms with E-state index < -0.39 is 0 Å². The van der Waals surface area contributed by atoms with Crippen LogP contribution in [0.1, 0.15) is 26.0 Å². The van der Waals surface area contributed by atoms with E-state index in [0.29, 0.717) is 12.1 Å². The van der Waals surface area contributed by atoms with Crippen LogP contribution in [0, 0.1) is 5.41 Å². The van der Waals surface area contributed by atoms with Gasteiger partial charge in [0, 0.05) is 19.2 Å². The van der Waals surface area contributed by atoms with E-state index in [1.54, 1.807) is 6.20 Å². The first kappa shape index (κ1) is 13.4. The van der Waals surface area contributed by atoms with Crippen LogP contribution in [0.5, 0.6) is 0 Å². The molecule has 0 unspecified atom stereocenters. The summed E-state index contributed by atoms with van der Waals surface area (Å²) < 4.78 is 0. The first-order chi connectivity index (χ1) is 8.06. The number of nitrogens with zero attached hydrogens (tertiary/aromatic N) is 3. The topological polar surface area (TPSA) is 99.1 Å². The van der Waals surface area contributed by atoms with Gasteiger partial charge in [0.05, 0.1) is 12.4 Å². The van der Waals surface area contributed by atoms with E-state index in [0.717, 1.165) is 12.4 Å². The van der Waals surface area contributed by atoms with E-state index in [4.69, 9.17) is 16.2 Å². The Hall–Kier alpha value is -1.69. The van der Waals surface area contributed by atoms with Crippen molar-refractivity contribution in [3.8, 4) is 0 Å². The number of hydrogen-bond donors (Lipinski definition) is 3. The van der Waals surface area contributed by atoms with Gasteiger partial charge < -0.3 is 15.7 Å². The van der Waals surface area contributed by atoms with Crippen LogP contribution in [-0.2, 0) is 0 Å². The van der Waals surface area contributed by atoms with E-state index in [-0.39, 0.29) is 18.5 Å². The van der Waals surface area contributed by atoms with Crippen LogP contribution in [0.2, 0.25) is 0 Å². The van der Waals surface area contributed by atoms with Crippen LogP contribution in [0.25, 0.3) is 0 Å². The fourth-order valence-corrected chi connectivity index (χ4v) is 1.49. The molecular formula is C11H19N5O. The quantitative estimate of drug-likeness (QED) is 0.490. The predicted octanol–water partition coefficient (Wildman–Crippen LogP) is 0.358. The maximum Gasteiger partial charge on any atom is 0.147 e. The average molecular weight is 237 g/mol. The summed E-state index contributed by atoms with van der Waals surface area (Å²) in [7, 11) is 0. The molecule has 0 bridgehead atoms. The van der Waals surface area contributed by atoms with Crippen LogP contribution in [-0.4, -0.2) is 40.1 Å². The molecule has 6 heteroatoms. The van der Waals surface area contributed by atoms with Gasteiger partial charge in [0.2, 0.25) is 0 Å². The fraction of sp³-hybridized carbons (Fsp3) is 0.545. The van der Waals surface area contributed by atoms with Crippen LogP contribution in [0.4, 0.5) is 5.82 Å². The van der Waals surface area contributed by atoms with Gasteiger partial charge in [-0.3, -0.25) is 5.41 Å². The van der Waals surface area contributed by atoms with Crippen molar-refractivity contribution >= 4 is 11.7 Å². The minimum atomic E-state index is -0.0875. The molecule has 0 spiro atoms. The third-order valence-corrected chi connectivity index (χ3v) is 2.39.